The molecule has 2 amide bonds. The molecule has 6 heteroatoms. The van der Waals surface area contributed by atoms with Gasteiger partial charge in [-0.3, -0.25) is 9.59 Å². The van der Waals surface area contributed by atoms with E-state index in [1.54, 1.807) is 42.7 Å². The summed E-state index contributed by atoms with van der Waals surface area (Å²) in [7, 11) is 0. The number of nitrogens with one attached hydrogen (secondary N) is 2. The second-order valence-electron chi connectivity index (χ2n) is 6.67. The first kappa shape index (κ1) is 17.9. The average molecular weight is 376 g/mol. The molecule has 28 heavy (non-hydrogen) atoms. The third-order valence-electron chi connectivity index (χ3n) is 4.58. The molecule has 0 spiro atoms. The molecule has 0 bridgehead atoms. The summed E-state index contributed by atoms with van der Waals surface area (Å²) >= 11 is 0. The lowest BCUT2D eigenvalue weighted by Gasteiger charge is -2.08. The highest BCUT2D eigenvalue weighted by atomic mass is 16.5. The van der Waals surface area contributed by atoms with Gasteiger partial charge in [0.15, 0.2) is 0 Å². The number of hydrogen-bond acceptors (Lipinski definition) is 4. The van der Waals surface area contributed by atoms with Crippen LogP contribution in [-0.4, -0.2) is 11.8 Å². The Kier molecular flexibility index (Phi) is 5.10. The molecule has 2 unspecified atom stereocenters. The first-order valence-corrected chi connectivity index (χ1v) is 9.13. The number of rotatable bonds is 7. The summed E-state index contributed by atoms with van der Waals surface area (Å²) in [5.74, 6) is 1.28. The molecule has 2 atom stereocenters. The second-order valence-corrected chi connectivity index (χ2v) is 6.67. The van der Waals surface area contributed by atoms with E-state index >= 15 is 0 Å². The maximum Gasteiger partial charge on any atom is 0.228 e. The van der Waals surface area contributed by atoms with Crippen molar-refractivity contribution < 1.29 is 18.7 Å². The molecule has 2 aromatic carbocycles. The highest BCUT2D eigenvalue weighted by Gasteiger charge is 2.47. The van der Waals surface area contributed by atoms with E-state index in [4.69, 9.17) is 9.15 Å². The van der Waals surface area contributed by atoms with Crippen LogP contribution in [0.2, 0.25) is 0 Å². The van der Waals surface area contributed by atoms with Crippen LogP contribution in [0.4, 0.5) is 5.69 Å². The van der Waals surface area contributed by atoms with Gasteiger partial charge in [0.2, 0.25) is 11.8 Å². The summed E-state index contributed by atoms with van der Waals surface area (Å²) in [6.45, 7) is 0.333. The molecule has 0 saturated heterocycles. The molecule has 1 fully saturated rings. The molecule has 1 heterocycles. The Morgan fingerprint density at radius 1 is 0.893 bits per heavy atom. The Bertz CT molecular complexity index is 936. The smallest absolute Gasteiger partial charge is 0.228 e. The van der Waals surface area contributed by atoms with E-state index in [9.17, 15) is 9.59 Å². The Balaban J connectivity index is 1.25. The van der Waals surface area contributed by atoms with Crippen molar-refractivity contribution in [3.8, 4) is 11.5 Å². The Hall–Kier alpha value is -3.54. The van der Waals surface area contributed by atoms with E-state index in [0.717, 1.165) is 5.75 Å². The normalized spacial score (nSPS) is 17.6. The van der Waals surface area contributed by atoms with Crippen LogP contribution in [0.5, 0.6) is 11.5 Å². The van der Waals surface area contributed by atoms with E-state index in [0.29, 0.717) is 30.2 Å². The lowest BCUT2D eigenvalue weighted by Crippen LogP contribution is -2.26. The van der Waals surface area contributed by atoms with Crippen LogP contribution in [0.1, 0.15) is 12.2 Å². The summed E-state index contributed by atoms with van der Waals surface area (Å²) in [6.07, 6.45) is 2.12. The zero-order valence-electron chi connectivity index (χ0n) is 15.1. The molecule has 2 N–H and O–H groups in total. The van der Waals surface area contributed by atoms with E-state index in [1.165, 1.54) is 0 Å². The first-order chi connectivity index (χ1) is 13.7. The number of benzene rings is 2. The monoisotopic (exact) mass is 376 g/mol. The highest BCUT2D eigenvalue weighted by Crippen LogP contribution is 2.39. The third kappa shape index (κ3) is 4.40. The Morgan fingerprint density at radius 2 is 1.61 bits per heavy atom. The minimum Gasteiger partial charge on any atom is -0.467 e. The van der Waals surface area contributed by atoms with Crippen molar-refractivity contribution in [1.82, 2.24) is 5.32 Å². The zero-order chi connectivity index (χ0) is 19.3. The van der Waals surface area contributed by atoms with Crippen molar-refractivity contribution in [2.75, 3.05) is 5.32 Å². The van der Waals surface area contributed by atoms with Crippen molar-refractivity contribution in [1.29, 1.82) is 0 Å². The SMILES string of the molecule is O=C(NCc1ccco1)C1CC1C(=O)Nc1ccc(Oc2ccccc2)cc1. The summed E-state index contributed by atoms with van der Waals surface area (Å²) in [4.78, 5) is 24.5. The number of carbonyl (C=O) groups is 2. The van der Waals surface area contributed by atoms with Crippen LogP contribution in [0.15, 0.2) is 77.4 Å². The summed E-state index contributed by atoms with van der Waals surface area (Å²) in [5.41, 5.74) is 0.673. The van der Waals surface area contributed by atoms with Gasteiger partial charge in [0.1, 0.15) is 17.3 Å². The number of hydrogen-bond donors (Lipinski definition) is 2. The average Bonchev–Trinajstić information content (AvgIpc) is 3.36. The first-order valence-electron chi connectivity index (χ1n) is 9.13. The van der Waals surface area contributed by atoms with Gasteiger partial charge in [-0.15, -0.1) is 0 Å². The molecule has 0 radical (unpaired) electrons. The van der Waals surface area contributed by atoms with Crippen LogP contribution in [0.25, 0.3) is 0 Å². The molecule has 1 aliphatic rings. The van der Waals surface area contributed by atoms with Gasteiger partial charge in [-0.2, -0.15) is 0 Å². The molecule has 142 valence electrons. The molecule has 4 rings (SSSR count). The molecule has 1 aliphatic carbocycles. The number of ether oxygens (including phenoxy) is 1. The molecular formula is C22H20N2O4. The van der Waals surface area contributed by atoms with Gasteiger partial charge in [0, 0.05) is 5.69 Å². The predicted octanol–water partition coefficient (Wildman–Crippen LogP) is 3.96. The minimum absolute atomic E-state index is 0.122. The topological polar surface area (TPSA) is 80.6 Å². The lowest BCUT2D eigenvalue weighted by molar-refractivity contribution is -0.125. The largest absolute Gasteiger partial charge is 0.467 e. The second kappa shape index (κ2) is 8.00. The maximum absolute atomic E-state index is 12.4. The van der Waals surface area contributed by atoms with Crippen molar-refractivity contribution in [2.45, 2.75) is 13.0 Å². The van der Waals surface area contributed by atoms with Gasteiger partial charge >= 0.3 is 0 Å². The molecular weight excluding hydrogens is 356 g/mol. The van der Waals surface area contributed by atoms with Crippen LogP contribution >= 0.6 is 0 Å². The number of anilines is 1. The van der Waals surface area contributed by atoms with E-state index in [1.807, 2.05) is 30.3 Å². The van der Waals surface area contributed by atoms with E-state index in [-0.39, 0.29) is 23.7 Å². The summed E-state index contributed by atoms with van der Waals surface area (Å²) < 4.78 is 10.9. The molecule has 1 aromatic heterocycles. The van der Waals surface area contributed by atoms with Crippen molar-refractivity contribution in [3.63, 3.8) is 0 Å². The zero-order valence-corrected chi connectivity index (χ0v) is 15.1. The van der Waals surface area contributed by atoms with Gasteiger partial charge in [-0.05, 0) is 55.0 Å². The molecule has 0 aliphatic heterocycles. The lowest BCUT2D eigenvalue weighted by atomic mass is 10.2. The Labute approximate surface area is 162 Å². The Morgan fingerprint density at radius 3 is 2.32 bits per heavy atom. The van der Waals surface area contributed by atoms with Crippen LogP contribution < -0.4 is 15.4 Å². The quantitative estimate of drug-likeness (QED) is 0.654. The van der Waals surface area contributed by atoms with Crippen LogP contribution in [-0.2, 0) is 16.1 Å². The fraction of sp³-hybridized carbons (Fsp3) is 0.182. The fourth-order valence-corrected chi connectivity index (χ4v) is 2.96. The highest BCUT2D eigenvalue weighted by molar-refractivity contribution is 5.99. The van der Waals surface area contributed by atoms with Crippen molar-refractivity contribution in [2.24, 2.45) is 11.8 Å². The third-order valence-corrected chi connectivity index (χ3v) is 4.58. The van der Waals surface area contributed by atoms with Crippen molar-refractivity contribution >= 4 is 17.5 Å². The molecule has 3 aromatic rings. The van der Waals surface area contributed by atoms with Crippen LogP contribution in [0.3, 0.4) is 0 Å². The van der Waals surface area contributed by atoms with E-state index in [2.05, 4.69) is 10.6 Å². The van der Waals surface area contributed by atoms with Gasteiger partial charge in [-0.1, -0.05) is 18.2 Å². The number of furan rings is 1. The summed E-state index contributed by atoms with van der Waals surface area (Å²) in [6, 6.07) is 20.2. The van der Waals surface area contributed by atoms with Gasteiger partial charge in [0.25, 0.3) is 0 Å². The summed E-state index contributed by atoms with van der Waals surface area (Å²) in [5, 5.41) is 5.65. The fourth-order valence-electron chi connectivity index (χ4n) is 2.96. The van der Waals surface area contributed by atoms with E-state index < -0.39 is 0 Å². The number of para-hydroxylation sites is 1. The molecule has 1 saturated carbocycles. The van der Waals surface area contributed by atoms with Crippen LogP contribution in [0, 0.1) is 11.8 Å². The number of carbonyl (C=O) groups excluding carboxylic acids is 2. The van der Waals surface area contributed by atoms with Gasteiger partial charge < -0.3 is 19.8 Å². The standard InChI is InChI=1S/C22H20N2O4/c25-21(23-14-18-7-4-12-27-18)19-13-20(19)22(26)24-15-8-10-17(11-9-15)28-16-5-2-1-3-6-16/h1-12,19-20H,13-14H2,(H,23,25)(H,24,26). The number of amides is 2. The van der Waals surface area contributed by atoms with Gasteiger partial charge in [0.05, 0.1) is 24.6 Å². The molecule has 6 nitrogen and oxygen atoms in total. The minimum atomic E-state index is -0.295. The predicted molar refractivity (Wildman–Crippen MR) is 104 cm³/mol. The maximum atomic E-state index is 12.4. The van der Waals surface area contributed by atoms with Crippen molar-refractivity contribution in [3.05, 3.63) is 78.8 Å². The van der Waals surface area contributed by atoms with Gasteiger partial charge in [-0.25, -0.2) is 0 Å².